The standard InChI is InChI=1S/C8H5ClN2OS2.ClH/c9-5-1-3-6(4-2-5)12-8-11-7(10)13-14-8;/h1-4,10H;1H. The number of hydrogen-bond acceptors (Lipinski definition) is 4. The molecule has 0 aliphatic heterocycles. The number of nitrogens with zero attached hydrogens (tertiary/aromatic N) is 1. The number of aromatic nitrogens is 1. The molecule has 0 saturated carbocycles. The van der Waals surface area contributed by atoms with Crippen LogP contribution in [-0.2, 0) is 0 Å². The van der Waals surface area contributed by atoms with Crippen LogP contribution in [0.5, 0.6) is 10.9 Å². The highest BCUT2D eigenvalue weighted by Gasteiger charge is 2.07. The van der Waals surface area contributed by atoms with Crippen LogP contribution in [0.3, 0.4) is 0 Å². The van der Waals surface area contributed by atoms with E-state index in [1.54, 1.807) is 24.3 Å². The molecule has 1 aromatic carbocycles. The van der Waals surface area contributed by atoms with Crippen LogP contribution in [0.4, 0.5) is 0 Å². The molecule has 2 N–H and O–H groups in total. The van der Waals surface area contributed by atoms with Gasteiger partial charge >= 0.3 is 10.00 Å². The highest BCUT2D eigenvalue weighted by molar-refractivity contribution is 7.68. The zero-order valence-electron chi connectivity index (χ0n) is 7.31. The lowest BCUT2D eigenvalue weighted by atomic mass is 10.3. The Morgan fingerprint density at radius 2 is 1.87 bits per heavy atom. The molecule has 2 aromatic rings. The lowest BCUT2D eigenvalue weighted by molar-refractivity contribution is -0.172. The van der Waals surface area contributed by atoms with Gasteiger partial charge in [-0.05, 0) is 24.3 Å². The number of ether oxygens (including phenoxy) is 1. The normalized spacial score (nSPS) is 9.40. The molecule has 15 heavy (non-hydrogen) atoms. The van der Waals surface area contributed by atoms with Crippen LogP contribution in [0.2, 0.25) is 5.02 Å². The molecule has 0 saturated heterocycles. The zero-order chi connectivity index (χ0) is 9.97. The Kier molecular flexibility index (Phi) is 4.53. The Hall–Kier alpha value is -0.620. The van der Waals surface area contributed by atoms with E-state index in [1.165, 1.54) is 20.7 Å². The molecule has 0 atom stereocenters. The van der Waals surface area contributed by atoms with Crippen LogP contribution >= 0.6 is 32.3 Å². The minimum Gasteiger partial charge on any atom is -1.00 e. The van der Waals surface area contributed by atoms with Gasteiger partial charge in [0.1, 0.15) is 5.75 Å². The third-order valence-corrected chi connectivity index (χ3v) is 3.52. The summed E-state index contributed by atoms with van der Waals surface area (Å²) in [7, 11) is 2.78. The van der Waals surface area contributed by atoms with Gasteiger partial charge in [0.25, 0.3) is 0 Å². The summed E-state index contributed by atoms with van der Waals surface area (Å²) in [6.45, 7) is 0. The lowest BCUT2D eigenvalue weighted by Crippen LogP contribution is -3.00. The molecule has 0 bridgehead atoms. The zero-order valence-corrected chi connectivity index (χ0v) is 10.5. The Morgan fingerprint density at radius 3 is 2.40 bits per heavy atom. The molecule has 1 heterocycles. The molecule has 1 aromatic heterocycles. The van der Waals surface area contributed by atoms with Crippen LogP contribution in [0.25, 0.3) is 0 Å². The van der Waals surface area contributed by atoms with Crippen molar-refractivity contribution in [3.63, 3.8) is 0 Å². The van der Waals surface area contributed by atoms with Gasteiger partial charge in [-0.25, -0.2) is 0 Å². The van der Waals surface area contributed by atoms with E-state index in [9.17, 15) is 0 Å². The maximum Gasteiger partial charge on any atom is 0.405 e. The predicted octanol–water partition coefficient (Wildman–Crippen LogP) is -1.69. The van der Waals surface area contributed by atoms with Crippen LogP contribution < -0.4 is 27.4 Å². The van der Waals surface area contributed by atoms with Gasteiger partial charge in [0, 0.05) is 30.7 Å². The summed E-state index contributed by atoms with van der Waals surface area (Å²) in [5.74, 6) is 0.705. The second kappa shape index (κ2) is 5.46. The van der Waals surface area contributed by atoms with Crippen molar-refractivity contribution >= 4 is 32.3 Å². The van der Waals surface area contributed by atoms with Crippen molar-refractivity contribution in [2.24, 2.45) is 0 Å². The van der Waals surface area contributed by atoms with Gasteiger partial charge in [-0.15, -0.1) is 0 Å². The van der Waals surface area contributed by atoms with Crippen molar-refractivity contribution in [1.29, 1.82) is 0 Å². The maximum absolute atomic E-state index is 5.73. The molecule has 0 unspecified atom stereocenters. The molecule has 0 amide bonds. The number of nitrogens with two attached hydrogens (primary N) is 1. The number of benzene rings is 1. The fourth-order valence-electron chi connectivity index (χ4n) is 0.849. The van der Waals surface area contributed by atoms with E-state index in [1.807, 2.05) is 0 Å². The van der Waals surface area contributed by atoms with Gasteiger partial charge in [-0.3, -0.25) is 5.41 Å². The Balaban J connectivity index is 0.00000112. The largest absolute Gasteiger partial charge is 1.00 e. The first-order valence-electron chi connectivity index (χ1n) is 3.73. The van der Waals surface area contributed by atoms with E-state index in [0.29, 0.717) is 20.8 Å². The summed E-state index contributed by atoms with van der Waals surface area (Å²) in [5, 5.41) is 6.70. The summed E-state index contributed by atoms with van der Waals surface area (Å²) in [6, 6.07) is 7.09. The fourth-order valence-corrected chi connectivity index (χ4v) is 2.37. The highest BCUT2D eigenvalue weighted by atomic mass is 35.5. The Labute approximate surface area is 105 Å². The molecule has 3 nitrogen and oxygen atoms in total. The average Bonchev–Trinajstić information content (AvgIpc) is 2.56. The molecule has 0 aliphatic carbocycles. The number of hydrogen-bond donors (Lipinski definition) is 1. The fraction of sp³-hybridized carbons (Fsp3) is 0. The average molecular weight is 281 g/mol. The van der Waals surface area contributed by atoms with E-state index in [-0.39, 0.29) is 12.4 Å². The molecule has 80 valence electrons. The first-order chi connectivity index (χ1) is 6.74. The van der Waals surface area contributed by atoms with E-state index < -0.39 is 0 Å². The first-order valence-corrected chi connectivity index (χ1v) is 6.26. The molecular weight excluding hydrogens is 275 g/mol. The summed E-state index contributed by atoms with van der Waals surface area (Å²) < 4.78 is 5.43. The summed E-state index contributed by atoms with van der Waals surface area (Å²) >= 11 is 5.73. The van der Waals surface area contributed by atoms with Crippen molar-refractivity contribution in [2.75, 3.05) is 0 Å². The topological polar surface area (TPSA) is 47.7 Å². The third-order valence-electron chi connectivity index (χ3n) is 1.42. The maximum atomic E-state index is 5.73. The predicted molar refractivity (Wildman–Crippen MR) is 56.6 cm³/mol. The van der Waals surface area contributed by atoms with Gasteiger partial charge in [0.15, 0.2) is 0 Å². The van der Waals surface area contributed by atoms with Gasteiger partial charge in [-0.1, -0.05) is 11.6 Å². The highest BCUT2D eigenvalue weighted by Crippen LogP contribution is 2.24. The molecule has 0 radical (unpaired) electrons. The van der Waals surface area contributed by atoms with Gasteiger partial charge < -0.3 is 17.1 Å². The Bertz CT molecular complexity index is 480. The van der Waals surface area contributed by atoms with E-state index in [0.717, 1.165) is 0 Å². The SMILES string of the molecule is [Cl-].[NH2+]=c1nc(Oc2ccc(Cl)cc2)ss1. The molecular formula is C8H6Cl2N2OS2. The van der Waals surface area contributed by atoms with E-state index in [4.69, 9.17) is 21.7 Å². The number of rotatable bonds is 2. The van der Waals surface area contributed by atoms with Crippen LogP contribution in [0, 0.1) is 0 Å². The van der Waals surface area contributed by atoms with Crippen molar-refractivity contribution in [1.82, 2.24) is 4.98 Å². The van der Waals surface area contributed by atoms with Crippen LogP contribution in [0.1, 0.15) is 0 Å². The van der Waals surface area contributed by atoms with Crippen molar-refractivity contribution in [2.45, 2.75) is 0 Å². The molecule has 0 fully saturated rings. The molecule has 0 aliphatic rings. The van der Waals surface area contributed by atoms with Gasteiger partial charge in [-0.2, -0.15) is 0 Å². The van der Waals surface area contributed by atoms with Crippen molar-refractivity contribution in [3.8, 4) is 10.9 Å². The summed E-state index contributed by atoms with van der Waals surface area (Å²) in [6.07, 6.45) is 0. The second-order valence-corrected chi connectivity index (χ2v) is 4.98. The Morgan fingerprint density at radius 1 is 1.20 bits per heavy atom. The minimum absolute atomic E-state index is 0. The van der Waals surface area contributed by atoms with Crippen LogP contribution in [-0.4, -0.2) is 4.98 Å². The van der Waals surface area contributed by atoms with Crippen molar-refractivity contribution < 1.29 is 22.6 Å². The first kappa shape index (κ1) is 12.4. The van der Waals surface area contributed by atoms with E-state index in [2.05, 4.69) is 4.98 Å². The van der Waals surface area contributed by atoms with Gasteiger partial charge in [0.05, 0.1) is 0 Å². The van der Waals surface area contributed by atoms with Gasteiger partial charge in [0.2, 0.25) is 0 Å². The molecule has 0 spiro atoms. The van der Waals surface area contributed by atoms with Crippen molar-refractivity contribution in [3.05, 3.63) is 34.1 Å². The van der Waals surface area contributed by atoms with E-state index >= 15 is 0 Å². The molecule has 7 heteroatoms. The smallest absolute Gasteiger partial charge is 0.405 e. The minimum atomic E-state index is 0. The third kappa shape index (κ3) is 3.46. The number of halogens is 2. The monoisotopic (exact) mass is 280 g/mol. The van der Waals surface area contributed by atoms with Crippen LogP contribution in [0.15, 0.2) is 24.3 Å². The summed E-state index contributed by atoms with van der Waals surface area (Å²) in [5.41, 5.74) is 0. The molecule has 2 rings (SSSR count). The quantitative estimate of drug-likeness (QED) is 0.668. The summed E-state index contributed by atoms with van der Waals surface area (Å²) in [4.78, 5) is 4.50. The lowest BCUT2D eigenvalue weighted by Gasteiger charge is -1.97. The second-order valence-electron chi connectivity index (χ2n) is 2.44.